The van der Waals surface area contributed by atoms with Crippen molar-refractivity contribution in [1.29, 1.82) is 0 Å². The molecule has 0 aliphatic rings. The average Bonchev–Trinajstić information content (AvgIpc) is 1.89. The molecule has 4 heteroatoms. The van der Waals surface area contributed by atoms with Gasteiger partial charge in [-0.05, 0) is 6.92 Å². The maximum Gasteiger partial charge on any atom is 0.209 e. The van der Waals surface area contributed by atoms with E-state index in [1.807, 2.05) is 6.92 Å². The van der Waals surface area contributed by atoms with Crippen molar-refractivity contribution in [2.45, 2.75) is 6.92 Å². The molecule has 0 bridgehead atoms. The lowest BCUT2D eigenvalue weighted by atomic mass is 10.9. The van der Waals surface area contributed by atoms with Gasteiger partial charge in [0.1, 0.15) is 0 Å². The second-order valence-electron chi connectivity index (χ2n) is 1.47. The van der Waals surface area contributed by atoms with Crippen molar-refractivity contribution in [3.05, 3.63) is 0 Å². The molecule has 0 atom stereocenters. The normalized spacial score (nSPS) is 7.11. The molecule has 0 saturated heterocycles. The van der Waals surface area contributed by atoms with Crippen molar-refractivity contribution < 1.29 is 8.62 Å². The molecule has 0 aliphatic heterocycles. The minimum atomic E-state index is 0.736. The van der Waals surface area contributed by atoms with Crippen molar-refractivity contribution in [2.75, 3.05) is 20.7 Å². The fourth-order valence-electron chi connectivity index (χ4n) is 0. The Kier molecular flexibility index (Phi) is 14.0. The van der Waals surface area contributed by atoms with E-state index in [0.717, 1.165) is 13.0 Å². The van der Waals surface area contributed by atoms with Gasteiger partial charge in [0.25, 0.3) is 0 Å². The largest absolute Gasteiger partial charge is 0.351 e. The van der Waals surface area contributed by atoms with Crippen molar-refractivity contribution in [3.63, 3.8) is 0 Å². The van der Waals surface area contributed by atoms with Crippen LogP contribution in [0.25, 0.3) is 0 Å². The first kappa shape index (κ1) is 11.7. The van der Waals surface area contributed by atoms with Crippen LogP contribution in [0, 0.1) is 0 Å². The molecule has 0 spiro atoms. The Balaban J connectivity index is 0. The highest BCUT2D eigenvalue weighted by atomic mass is 79.9. The summed E-state index contributed by atoms with van der Waals surface area (Å²) < 4.78 is 4.35. The van der Waals surface area contributed by atoms with Gasteiger partial charge in [0, 0.05) is 14.1 Å². The second-order valence-corrected chi connectivity index (χ2v) is 1.92. The number of carbonyl (C=O) groups is 1. The maximum atomic E-state index is 9.43. The van der Waals surface area contributed by atoms with Gasteiger partial charge in [-0.15, -0.1) is 0 Å². The number of rotatable bonds is 2. The Hall–Kier alpha value is -0.0900. The summed E-state index contributed by atoms with van der Waals surface area (Å²) in [6.45, 7) is 2.65. The van der Waals surface area contributed by atoms with E-state index in [-0.39, 0.29) is 0 Å². The van der Waals surface area contributed by atoms with Crippen LogP contribution in [-0.2, 0) is 8.62 Å². The third-order valence-electron chi connectivity index (χ3n) is 0.320. The van der Waals surface area contributed by atoms with E-state index >= 15 is 0 Å². The molecule has 1 amide bonds. The Morgan fingerprint density at radius 1 is 1.67 bits per heavy atom. The first-order valence-corrected chi connectivity index (χ1v) is 3.19. The molecule has 3 nitrogen and oxygen atoms in total. The molecule has 0 N–H and O–H groups in total. The van der Waals surface area contributed by atoms with Crippen LogP contribution in [0.4, 0.5) is 0 Å². The van der Waals surface area contributed by atoms with Gasteiger partial charge < -0.3 is 8.73 Å². The van der Waals surface area contributed by atoms with Crippen molar-refractivity contribution >= 4 is 22.7 Å². The van der Waals surface area contributed by atoms with E-state index in [0.29, 0.717) is 0 Å². The summed E-state index contributed by atoms with van der Waals surface area (Å²) in [4.78, 5) is 10.9. The monoisotopic (exact) mass is 197 g/mol. The molecule has 0 aromatic heterocycles. The first-order chi connectivity index (χ1) is 4.18. The number of halogens is 1. The van der Waals surface area contributed by atoms with E-state index in [4.69, 9.17) is 0 Å². The van der Waals surface area contributed by atoms with Gasteiger partial charge in [-0.1, -0.05) is 0 Å². The smallest absolute Gasteiger partial charge is 0.209 e. The lowest BCUT2D eigenvalue weighted by Crippen LogP contribution is -2.06. The molecular formula is C5H12BrNO2. The van der Waals surface area contributed by atoms with Crippen LogP contribution in [0.15, 0.2) is 0 Å². The Morgan fingerprint density at radius 2 is 1.89 bits per heavy atom. The number of hydrogen-bond acceptors (Lipinski definition) is 2. The summed E-state index contributed by atoms with van der Waals surface area (Å²) in [6.07, 6.45) is 0.750. The van der Waals surface area contributed by atoms with Crippen molar-refractivity contribution in [1.82, 2.24) is 4.90 Å². The predicted octanol–water partition coefficient (Wildman–Crippen LogP) is 1.04. The number of nitrogens with zero attached hydrogens (tertiary/aromatic N) is 1. The highest BCUT2D eigenvalue weighted by Gasteiger charge is 1.68. The predicted molar refractivity (Wildman–Crippen MR) is 40.3 cm³/mol. The molecule has 0 fully saturated rings. The molecule has 0 aromatic rings. The van der Waals surface area contributed by atoms with E-state index in [2.05, 4.69) is 20.1 Å². The molecule has 56 valence electrons. The molecule has 0 aromatic carbocycles. The molecule has 0 heterocycles. The summed E-state index contributed by atoms with van der Waals surface area (Å²) in [5, 5.41) is 0. The lowest BCUT2D eigenvalue weighted by Gasteiger charge is -1.93. The van der Waals surface area contributed by atoms with Crippen LogP contribution >= 0.6 is 16.3 Å². The molecule has 9 heavy (non-hydrogen) atoms. The number of carbonyl (C=O) groups excluding carboxylic acids is 1. The van der Waals surface area contributed by atoms with Gasteiger partial charge in [-0.25, -0.2) is 0 Å². The third-order valence-corrected chi connectivity index (χ3v) is 0.778. The highest BCUT2D eigenvalue weighted by molar-refractivity contribution is 9.06. The zero-order valence-corrected chi connectivity index (χ0v) is 7.51. The minimum Gasteiger partial charge on any atom is -0.351 e. The molecule has 0 rings (SSSR count). The van der Waals surface area contributed by atoms with Crippen molar-refractivity contribution in [2.24, 2.45) is 0 Å². The van der Waals surface area contributed by atoms with Crippen LogP contribution in [0.3, 0.4) is 0 Å². The van der Waals surface area contributed by atoms with Crippen LogP contribution in [-0.4, -0.2) is 32.0 Å². The molecule has 0 radical (unpaired) electrons. The summed E-state index contributed by atoms with van der Waals surface area (Å²) in [5.74, 6) is 0. The maximum absolute atomic E-state index is 9.43. The Labute approximate surface area is 64.4 Å². The lowest BCUT2D eigenvalue weighted by molar-refractivity contribution is -0.115. The molecule has 0 unspecified atom stereocenters. The number of amides is 1. The zero-order valence-electron chi connectivity index (χ0n) is 5.93. The quantitative estimate of drug-likeness (QED) is 0.620. The van der Waals surface area contributed by atoms with E-state index in [9.17, 15) is 4.79 Å². The molecule has 0 saturated carbocycles. The minimum absolute atomic E-state index is 0.736. The average molecular weight is 198 g/mol. The van der Waals surface area contributed by atoms with Gasteiger partial charge in [-0.2, -0.15) is 0 Å². The fourth-order valence-corrected chi connectivity index (χ4v) is 0. The van der Waals surface area contributed by atoms with Gasteiger partial charge in [0.05, 0.1) is 22.9 Å². The summed E-state index contributed by atoms with van der Waals surface area (Å²) in [5.41, 5.74) is 0. The van der Waals surface area contributed by atoms with Crippen LogP contribution in [0.1, 0.15) is 6.92 Å². The van der Waals surface area contributed by atoms with E-state index in [1.54, 1.807) is 14.1 Å². The van der Waals surface area contributed by atoms with Crippen LogP contribution < -0.4 is 0 Å². The topological polar surface area (TPSA) is 29.5 Å². The van der Waals surface area contributed by atoms with Crippen molar-refractivity contribution in [3.8, 4) is 0 Å². The third kappa shape index (κ3) is 32.6. The van der Waals surface area contributed by atoms with Gasteiger partial charge >= 0.3 is 0 Å². The second kappa shape index (κ2) is 10.8. The van der Waals surface area contributed by atoms with E-state index in [1.165, 1.54) is 4.90 Å². The fraction of sp³-hybridized carbons (Fsp3) is 0.800. The summed E-state index contributed by atoms with van der Waals surface area (Å²) in [6, 6.07) is 0. The van der Waals surface area contributed by atoms with Crippen LogP contribution in [0.5, 0.6) is 0 Å². The summed E-state index contributed by atoms with van der Waals surface area (Å²) in [7, 11) is 3.38. The van der Waals surface area contributed by atoms with Crippen LogP contribution in [0.2, 0.25) is 0 Å². The Bertz CT molecular complexity index is 56.9. The van der Waals surface area contributed by atoms with Gasteiger partial charge in [0.15, 0.2) is 0 Å². The van der Waals surface area contributed by atoms with Gasteiger partial charge in [-0.3, -0.25) is 4.79 Å². The molecule has 0 aliphatic carbocycles. The zero-order chi connectivity index (χ0) is 7.70. The Morgan fingerprint density at radius 3 is 1.89 bits per heavy atom. The number of hydrogen-bond donors (Lipinski definition) is 0. The SMILES string of the molecule is CCOBr.CN(C)C=O. The van der Waals surface area contributed by atoms with Gasteiger partial charge in [0.2, 0.25) is 6.41 Å². The summed E-state index contributed by atoms with van der Waals surface area (Å²) >= 11 is 2.75. The standard InChI is InChI=1S/C3H7NO.C2H5BrO/c1-4(2)3-5;1-2-4-3/h3H,1-2H3;2H2,1H3. The molecular weight excluding hydrogens is 186 g/mol. The highest BCUT2D eigenvalue weighted by Crippen LogP contribution is 1.76. The first-order valence-electron chi connectivity index (χ1n) is 2.54. The van der Waals surface area contributed by atoms with E-state index < -0.39 is 0 Å².